The number of methoxy groups -OCH3 is 1. The molecule has 0 saturated heterocycles. The number of rotatable bonds is 5. The third-order valence-corrected chi connectivity index (χ3v) is 3.39. The van der Waals surface area contributed by atoms with Crippen LogP contribution in [-0.2, 0) is 6.42 Å². The van der Waals surface area contributed by atoms with Crippen molar-refractivity contribution in [2.75, 3.05) is 13.7 Å². The zero-order valence-electron chi connectivity index (χ0n) is 11.8. The molecule has 0 aliphatic rings. The second-order valence-electron chi connectivity index (χ2n) is 4.65. The Bertz CT molecular complexity index is 543. The van der Waals surface area contributed by atoms with Crippen molar-refractivity contribution in [2.24, 2.45) is 5.73 Å². The molecule has 19 heavy (non-hydrogen) atoms. The van der Waals surface area contributed by atoms with Gasteiger partial charge in [-0.25, -0.2) is 4.68 Å². The predicted molar refractivity (Wildman–Crippen MR) is 77.0 cm³/mol. The van der Waals surface area contributed by atoms with E-state index in [9.17, 15) is 0 Å². The summed E-state index contributed by atoms with van der Waals surface area (Å²) in [6, 6.07) is 7.94. The van der Waals surface area contributed by atoms with E-state index in [2.05, 4.69) is 18.9 Å². The molecule has 0 radical (unpaired) electrons. The lowest BCUT2D eigenvalue weighted by Gasteiger charge is -2.06. The van der Waals surface area contributed by atoms with E-state index in [0.29, 0.717) is 6.54 Å². The molecule has 0 spiro atoms. The Morgan fingerprint density at radius 2 is 1.89 bits per heavy atom. The van der Waals surface area contributed by atoms with Crippen LogP contribution in [0.5, 0.6) is 5.75 Å². The lowest BCUT2D eigenvalue weighted by atomic mass is 10.1. The summed E-state index contributed by atoms with van der Waals surface area (Å²) in [4.78, 5) is 0. The zero-order valence-corrected chi connectivity index (χ0v) is 11.8. The predicted octanol–water partition coefficient (Wildman–Crippen LogP) is 2.39. The number of hydrogen-bond donors (Lipinski definition) is 1. The van der Waals surface area contributed by atoms with E-state index < -0.39 is 0 Å². The highest BCUT2D eigenvalue weighted by molar-refractivity contribution is 5.40. The molecule has 0 bridgehead atoms. The fraction of sp³-hybridized carbons (Fsp3) is 0.400. The van der Waals surface area contributed by atoms with Gasteiger partial charge >= 0.3 is 0 Å². The molecule has 0 atom stereocenters. The minimum atomic E-state index is 0.715. The molecule has 1 aromatic heterocycles. The minimum absolute atomic E-state index is 0.715. The Hall–Kier alpha value is -1.81. The highest BCUT2D eigenvalue weighted by Crippen LogP contribution is 2.21. The molecule has 2 rings (SSSR count). The summed E-state index contributed by atoms with van der Waals surface area (Å²) in [6.07, 6.45) is 1.99. The summed E-state index contributed by atoms with van der Waals surface area (Å²) >= 11 is 0. The molecule has 1 heterocycles. The molecule has 0 aliphatic carbocycles. The summed E-state index contributed by atoms with van der Waals surface area (Å²) in [7, 11) is 1.67. The molecular weight excluding hydrogens is 238 g/mol. The van der Waals surface area contributed by atoms with Crippen molar-refractivity contribution in [3.8, 4) is 11.4 Å². The first-order valence-corrected chi connectivity index (χ1v) is 6.57. The summed E-state index contributed by atoms with van der Waals surface area (Å²) in [5, 5.41) is 4.62. The Kier molecular flexibility index (Phi) is 4.22. The van der Waals surface area contributed by atoms with Crippen LogP contribution < -0.4 is 10.5 Å². The van der Waals surface area contributed by atoms with Gasteiger partial charge in [-0.2, -0.15) is 5.10 Å². The van der Waals surface area contributed by atoms with Crippen LogP contribution in [0.25, 0.3) is 5.69 Å². The summed E-state index contributed by atoms with van der Waals surface area (Å²) < 4.78 is 7.16. The van der Waals surface area contributed by atoms with Crippen molar-refractivity contribution < 1.29 is 4.74 Å². The average molecular weight is 259 g/mol. The van der Waals surface area contributed by atoms with E-state index in [1.807, 2.05) is 28.9 Å². The number of ether oxygens (including phenoxy) is 1. The van der Waals surface area contributed by atoms with E-state index >= 15 is 0 Å². The maximum Gasteiger partial charge on any atom is 0.119 e. The highest BCUT2D eigenvalue weighted by atomic mass is 16.5. The molecule has 2 aromatic rings. The molecule has 0 amide bonds. The summed E-state index contributed by atoms with van der Waals surface area (Å²) in [5.41, 5.74) is 10.2. The van der Waals surface area contributed by atoms with Crippen LogP contribution in [-0.4, -0.2) is 23.4 Å². The maximum atomic E-state index is 5.59. The fourth-order valence-corrected chi connectivity index (χ4v) is 2.29. The van der Waals surface area contributed by atoms with Gasteiger partial charge in [0.15, 0.2) is 0 Å². The van der Waals surface area contributed by atoms with Crippen molar-refractivity contribution in [3.63, 3.8) is 0 Å². The molecule has 0 aliphatic heterocycles. The monoisotopic (exact) mass is 259 g/mol. The third kappa shape index (κ3) is 2.79. The van der Waals surface area contributed by atoms with E-state index in [1.165, 1.54) is 11.3 Å². The van der Waals surface area contributed by atoms with Crippen LogP contribution in [0, 0.1) is 13.8 Å². The van der Waals surface area contributed by atoms with Gasteiger partial charge in [-0.15, -0.1) is 0 Å². The minimum Gasteiger partial charge on any atom is -0.497 e. The molecule has 0 saturated carbocycles. The Morgan fingerprint density at radius 3 is 2.47 bits per heavy atom. The van der Waals surface area contributed by atoms with Gasteiger partial charge in [-0.3, -0.25) is 0 Å². The Labute approximate surface area is 114 Å². The van der Waals surface area contributed by atoms with Crippen LogP contribution >= 0.6 is 0 Å². The first-order valence-electron chi connectivity index (χ1n) is 6.57. The van der Waals surface area contributed by atoms with Crippen molar-refractivity contribution >= 4 is 0 Å². The number of aromatic nitrogens is 2. The largest absolute Gasteiger partial charge is 0.497 e. The average Bonchev–Trinajstić information content (AvgIpc) is 2.72. The molecular formula is C15H21N3O. The van der Waals surface area contributed by atoms with Gasteiger partial charge in [0, 0.05) is 5.69 Å². The van der Waals surface area contributed by atoms with E-state index in [1.54, 1.807) is 7.11 Å². The molecule has 1 aromatic carbocycles. The summed E-state index contributed by atoms with van der Waals surface area (Å²) in [5.74, 6) is 0.855. The molecule has 4 nitrogen and oxygen atoms in total. The third-order valence-electron chi connectivity index (χ3n) is 3.39. The van der Waals surface area contributed by atoms with Crippen LogP contribution in [0.1, 0.15) is 23.4 Å². The lowest BCUT2D eigenvalue weighted by molar-refractivity contribution is 0.414. The Balaban J connectivity index is 2.33. The number of aryl methyl sites for hydroxylation is 1. The smallest absolute Gasteiger partial charge is 0.119 e. The number of hydrogen-bond acceptors (Lipinski definition) is 3. The van der Waals surface area contributed by atoms with Crippen LogP contribution in [0.2, 0.25) is 0 Å². The first-order chi connectivity index (χ1) is 9.17. The van der Waals surface area contributed by atoms with Crippen molar-refractivity contribution in [1.82, 2.24) is 9.78 Å². The van der Waals surface area contributed by atoms with Gasteiger partial charge < -0.3 is 10.5 Å². The maximum absolute atomic E-state index is 5.59. The van der Waals surface area contributed by atoms with Gasteiger partial charge in [0.2, 0.25) is 0 Å². The van der Waals surface area contributed by atoms with Crippen molar-refractivity contribution in [2.45, 2.75) is 26.7 Å². The SMILES string of the molecule is COc1ccc(-n2nc(C)c(CCCN)c2C)cc1. The van der Waals surface area contributed by atoms with Crippen LogP contribution in [0.4, 0.5) is 0 Å². The zero-order chi connectivity index (χ0) is 13.8. The van der Waals surface area contributed by atoms with E-state index in [4.69, 9.17) is 10.5 Å². The van der Waals surface area contributed by atoms with E-state index in [0.717, 1.165) is 30.0 Å². The van der Waals surface area contributed by atoms with Gasteiger partial charge in [-0.1, -0.05) is 0 Å². The second kappa shape index (κ2) is 5.89. The van der Waals surface area contributed by atoms with Crippen molar-refractivity contribution in [1.29, 1.82) is 0 Å². The molecule has 0 fully saturated rings. The number of nitrogens with zero attached hydrogens (tertiary/aromatic N) is 2. The van der Waals surface area contributed by atoms with E-state index in [-0.39, 0.29) is 0 Å². The number of benzene rings is 1. The topological polar surface area (TPSA) is 53.1 Å². The fourth-order valence-electron chi connectivity index (χ4n) is 2.29. The van der Waals surface area contributed by atoms with Gasteiger partial charge in [0.1, 0.15) is 5.75 Å². The quantitative estimate of drug-likeness (QED) is 0.897. The molecule has 0 unspecified atom stereocenters. The summed E-state index contributed by atoms with van der Waals surface area (Å²) in [6.45, 7) is 4.88. The van der Waals surface area contributed by atoms with Gasteiger partial charge in [0.25, 0.3) is 0 Å². The normalized spacial score (nSPS) is 10.7. The number of nitrogens with two attached hydrogens (primary N) is 1. The Morgan fingerprint density at radius 1 is 1.21 bits per heavy atom. The first kappa shape index (κ1) is 13.6. The second-order valence-corrected chi connectivity index (χ2v) is 4.65. The van der Waals surface area contributed by atoms with Crippen LogP contribution in [0.15, 0.2) is 24.3 Å². The van der Waals surface area contributed by atoms with Gasteiger partial charge in [-0.05, 0) is 63.1 Å². The van der Waals surface area contributed by atoms with Crippen LogP contribution in [0.3, 0.4) is 0 Å². The van der Waals surface area contributed by atoms with Gasteiger partial charge in [0.05, 0.1) is 18.5 Å². The molecule has 2 N–H and O–H groups in total. The highest BCUT2D eigenvalue weighted by Gasteiger charge is 2.12. The lowest BCUT2D eigenvalue weighted by Crippen LogP contribution is -2.02. The standard InChI is InChI=1S/C15H21N3O/c1-11-15(5-4-10-16)12(2)18(17-11)13-6-8-14(19-3)9-7-13/h6-9H,4-5,10,16H2,1-3H3. The molecule has 102 valence electrons. The van der Waals surface area contributed by atoms with Crippen molar-refractivity contribution in [3.05, 3.63) is 41.2 Å². The molecule has 4 heteroatoms.